The zero-order valence-electron chi connectivity index (χ0n) is 18.1. The Morgan fingerprint density at radius 3 is 2.66 bits per heavy atom. The molecule has 3 aromatic rings. The summed E-state index contributed by atoms with van der Waals surface area (Å²) in [7, 11) is 1.28. The summed E-state index contributed by atoms with van der Waals surface area (Å²) in [5, 5.41) is 7.45. The maximum absolute atomic E-state index is 14.8. The zero-order valence-corrected chi connectivity index (χ0v) is 18.1. The Bertz CT molecular complexity index is 1520. The smallest absolute Gasteiger partial charge is 0.322 e. The van der Waals surface area contributed by atoms with E-state index in [1.54, 1.807) is 6.07 Å². The number of hydrogen-bond acceptors (Lipinski definition) is 6. The van der Waals surface area contributed by atoms with E-state index in [0.717, 1.165) is 6.07 Å². The molecule has 0 radical (unpaired) electrons. The van der Waals surface area contributed by atoms with Crippen molar-refractivity contribution in [3.05, 3.63) is 63.9 Å². The monoisotopic (exact) mass is 482 g/mol. The van der Waals surface area contributed by atoms with Gasteiger partial charge in [0, 0.05) is 24.0 Å². The largest absolute Gasteiger partial charge is 0.494 e. The van der Waals surface area contributed by atoms with Gasteiger partial charge < -0.3 is 24.7 Å². The number of nitrogens with zero attached hydrogens (tertiary/aromatic N) is 1. The Balaban J connectivity index is 1.45. The van der Waals surface area contributed by atoms with Gasteiger partial charge >= 0.3 is 6.03 Å². The number of furan rings is 1. The van der Waals surface area contributed by atoms with Crippen molar-refractivity contribution in [1.29, 1.82) is 0 Å². The maximum Gasteiger partial charge on any atom is 0.322 e. The van der Waals surface area contributed by atoms with Gasteiger partial charge in [-0.2, -0.15) is 0 Å². The first kappa shape index (κ1) is 21.1. The number of amides is 5. The summed E-state index contributed by atoms with van der Waals surface area (Å²) in [5.41, 5.74) is -1.35. The minimum Gasteiger partial charge on any atom is -0.494 e. The first-order valence-electron chi connectivity index (χ1n) is 10.6. The number of rotatable bonds is 4. The highest BCUT2D eigenvalue weighted by molar-refractivity contribution is 6.09. The number of urea groups is 1. The van der Waals surface area contributed by atoms with Crippen molar-refractivity contribution in [2.24, 2.45) is 0 Å². The first-order valence-corrected chi connectivity index (χ1v) is 10.6. The third-order valence-electron chi connectivity index (χ3n) is 6.58. The molecule has 3 aliphatic rings. The van der Waals surface area contributed by atoms with Crippen LogP contribution in [0, 0.1) is 11.6 Å². The molecule has 1 aromatic heterocycles. The average molecular weight is 482 g/mol. The molecule has 0 unspecified atom stereocenters. The van der Waals surface area contributed by atoms with Gasteiger partial charge in [0.2, 0.25) is 0 Å². The fourth-order valence-corrected chi connectivity index (χ4v) is 4.92. The van der Waals surface area contributed by atoms with E-state index in [2.05, 4.69) is 16.0 Å². The number of fused-ring (bicyclic) bond motifs is 4. The van der Waals surface area contributed by atoms with Crippen molar-refractivity contribution in [2.45, 2.75) is 18.6 Å². The molecule has 12 heteroatoms. The SMILES string of the molecule is COc1ccc2c(c1F)C(=O)N(C[C@@]1(c3cc4cc(F)c5c(c4o3)CNC5=O)NC(=O)NC1=O)C2. The van der Waals surface area contributed by atoms with Crippen LogP contribution >= 0.6 is 0 Å². The summed E-state index contributed by atoms with van der Waals surface area (Å²) < 4.78 is 40.3. The second kappa shape index (κ2) is 7.01. The van der Waals surface area contributed by atoms with Crippen LogP contribution in [-0.2, 0) is 23.4 Å². The third-order valence-corrected chi connectivity index (χ3v) is 6.58. The number of hydrogen-bond donors (Lipinski definition) is 3. The lowest BCUT2D eigenvalue weighted by atomic mass is 9.95. The quantitative estimate of drug-likeness (QED) is 0.485. The van der Waals surface area contributed by atoms with Crippen molar-refractivity contribution >= 4 is 34.7 Å². The highest BCUT2D eigenvalue weighted by atomic mass is 19.1. The van der Waals surface area contributed by atoms with E-state index in [9.17, 15) is 28.0 Å². The normalized spacial score (nSPS) is 20.7. The lowest BCUT2D eigenvalue weighted by Crippen LogP contribution is -2.52. The van der Waals surface area contributed by atoms with Crippen molar-refractivity contribution < 1.29 is 37.1 Å². The molecule has 2 aromatic carbocycles. The van der Waals surface area contributed by atoms with Gasteiger partial charge in [0.05, 0.1) is 24.8 Å². The molecule has 5 amide bonds. The van der Waals surface area contributed by atoms with Crippen LogP contribution in [0.2, 0.25) is 0 Å². The fourth-order valence-electron chi connectivity index (χ4n) is 4.92. The van der Waals surface area contributed by atoms with E-state index in [4.69, 9.17) is 9.15 Å². The zero-order chi connectivity index (χ0) is 24.6. The first-order chi connectivity index (χ1) is 16.7. The van der Waals surface area contributed by atoms with Crippen LogP contribution in [0.25, 0.3) is 11.0 Å². The molecule has 0 saturated carbocycles. The van der Waals surface area contributed by atoms with Crippen molar-refractivity contribution in [1.82, 2.24) is 20.9 Å². The van der Waals surface area contributed by atoms with Crippen LogP contribution in [0.1, 0.15) is 37.6 Å². The molecular formula is C23H16F2N4O6. The lowest BCUT2D eigenvalue weighted by Gasteiger charge is -2.29. The molecule has 4 heterocycles. The maximum atomic E-state index is 14.8. The molecule has 10 nitrogen and oxygen atoms in total. The number of carbonyl (C=O) groups excluding carboxylic acids is 4. The minimum absolute atomic E-state index is 0.0251. The lowest BCUT2D eigenvalue weighted by molar-refractivity contribution is -0.125. The molecule has 6 rings (SSSR count). The van der Waals surface area contributed by atoms with E-state index >= 15 is 0 Å². The number of nitrogens with one attached hydrogen (secondary N) is 3. The van der Waals surface area contributed by atoms with Crippen molar-refractivity contribution in [3.63, 3.8) is 0 Å². The number of halogens is 2. The van der Waals surface area contributed by atoms with Gasteiger partial charge in [0.25, 0.3) is 17.7 Å². The molecule has 3 N–H and O–H groups in total. The summed E-state index contributed by atoms with van der Waals surface area (Å²) in [6, 6.07) is 4.61. The standard InChI is InChI=1S/C23H16F2N4O6/c1-34-13-3-2-9-7-29(20(31)15(9)17(13)25)8-23(21(32)27-22(33)28-23)14-5-10-4-12(24)16-11(18(10)35-14)6-26-19(16)30/h2-5H,6-8H2,1H3,(H,26,30)(H2,27,28,32,33)/t23-/m0/s1. The van der Waals surface area contributed by atoms with Crippen molar-refractivity contribution in [2.75, 3.05) is 13.7 Å². The van der Waals surface area contributed by atoms with Crippen LogP contribution in [-0.4, -0.2) is 42.3 Å². The molecule has 0 spiro atoms. The molecule has 35 heavy (non-hydrogen) atoms. The summed E-state index contributed by atoms with van der Waals surface area (Å²) in [6.45, 7) is -0.383. The molecule has 0 aliphatic carbocycles. The van der Waals surface area contributed by atoms with Gasteiger partial charge in [-0.15, -0.1) is 0 Å². The summed E-state index contributed by atoms with van der Waals surface area (Å²) in [4.78, 5) is 51.5. The topological polar surface area (TPSA) is 130 Å². The number of benzene rings is 2. The summed E-state index contributed by atoms with van der Waals surface area (Å²) in [5.74, 6) is -3.81. The van der Waals surface area contributed by atoms with Gasteiger partial charge in [0.15, 0.2) is 17.1 Å². The predicted octanol–water partition coefficient (Wildman–Crippen LogP) is 1.65. The Kier molecular flexibility index (Phi) is 4.22. The Morgan fingerprint density at radius 2 is 1.94 bits per heavy atom. The van der Waals surface area contributed by atoms with E-state index in [-0.39, 0.29) is 58.8 Å². The number of ether oxygens (including phenoxy) is 1. The number of methoxy groups -OCH3 is 1. The Hall–Kier alpha value is -4.48. The third kappa shape index (κ3) is 2.79. The van der Waals surface area contributed by atoms with Gasteiger partial charge in [0.1, 0.15) is 17.2 Å². The fraction of sp³-hybridized carbons (Fsp3) is 0.217. The van der Waals surface area contributed by atoms with Gasteiger partial charge in [-0.25, -0.2) is 13.6 Å². The number of imide groups is 1. The Morgan fingerprint density at radius 1 is 1.14 bits per heavy atom. The second-order valence-corrected chi connectivity index (χ2v) is 8.51. The van der Waals surface area contributed by atoms with Crippen LogP contribution in [0.15, 0.2) is 28.7 Å². The molecule has 1 fully saturated rings. The van der Waals surface area contributed by atoms with Crippen LogP contribution in [0.3, 0.4) is 0 Å². The van der Waals surface area contributed by atoms with Gasteiger partial charge in [-0.05, 0) is 23.8 Å². The van der Waals surface area contributed by atoms with Gasteiger partial charge in [-0.3, -0.25) is 19.7 Å². The summed E-state index contributed by atoms with van der Waals surface area (Å²) in [6.07, 6.45) is 0. The van der Waals surface area contributed by atoms with Crippen LogP contribution in [0.4, 0.5) is 13.6 Å². The average Bonchev–Trinajstić information content (AvgIpc) is 3.55. The Labute approximate surface area is 195 Å². The molecule has 1 atom stereocenters. The van der Waals surface area contributed by atoms with Gasteiger partial charge in [-0.1, -0.05) is 6.07 Å². The van der Waals surface area contributed by atoms with E-state index in [1.807, 2.05) is 0 Å². The van der Waals surface area contributed by atoms with Crippen molar-refractivity contribution in [3.8, 4) is 5.75 Å². The molecular weight excluding hydrogens is 466 g/mol. The van der Waals surface area contributed by atoms with Crippen LogP contribution in [0.5, 0.6) is 5.75 Å². The highest BCUT2D eigenvalue weighted by Gasteiger charge is 2.53. The highest BCUT2D eigenvalue weighted by Crippen LogP contribution is 2.38. The van der Waals surface area contributed by atoms with E-state index < -0.39 is 40.9 Å². The molecule has 0 bridgehead atoms. The van der Waals surface area contributed by atoms with E-state index in [1.165, 1.54) is 24.1 Å². The molecule has 1 saturated heterocycles. The van der Waals surface area contributed by atoms with E-state index in [0.29, 0.717) is 5.56 Å². The summed E-state index contributed by atoms with van der Waals surface area (Å²) >= 11 is 0. The number of carbonyl (C=O) groups is 4. The molecule has 3 aliphatic heterocycles. The predicted molar refractivity (Wildman–Crippen MR) is 113 cm³/mol. The second-order valence-electron chi connectivity index (χ2n) is 8.51. The minimum atomic E-state index is -1.87. The van der Waals surface area contributed by atoms with Crippen LogP contribution < -0.4 is 20.7 Å². The molecule has 178 valence electrons.